The Balaban J connectivity index is 1.54. The van der Waals surface area contributed by atoms with E-state index < -0.39 is 9.84 Å². The topological polar surface area (TPSA) is 65.0 Å². The van der Waals surface area contributed by atoms with Gasteiger partial charge in [-0.3, -0.25) is 9.89 Å². The van der Waals surface area contributed by atoms with Gasteiger partial charge in [0.25, 0.3) is 0 Å². The average Bonchev–Trinajstić information content (AvgIpc) is 2.63. The maximum absolute atomic E-state index is 11.5. The van der Waals surface area contributed by atoms with Crippen molar-refractivity contribution in [3.8, 4) is 0 Å². The SMILES string of the molecule is CCNC(=NCCN1CCS(=O)(=O)CC1)N1CCSC2(CCCCC2)C1. The zero-order valence-corrected chi connectivity index (χ0v) is 17.7. The Hall–Kier alpha value is -0.470. The molecule has 2 heterocycles. The second kappa shape index (κ2) is 9.15. The van der Waals surface area contributed by atoms with Crippen molar-refractivity contribution >= 4 is 27.6 Å². The van der Waals surface area contributed by atoms with E-state index in [-0.39, 0.29) is 0 Å². The molecule has 0 aromatic heterocycles. The second-order valence-corrected chi connectivity index (χ2v) is 11.6. The molecule has 2 aliphatic heterocycles. The molecule has 26 heavy (non-hydrogen) atoms. The lowest BCUT2D eigenvalue weighted by atomic mass is 9.87. The number of thioether (sulfide) groups is 1. The minimum atomic E-state index is -2.80. The van der Waals surface area contributed by atoms with Gasteiger partial charge >= 0.3 is 0 Å². The maximum atomic E-state index is 11.5. The van der Waals surface area contributed by atoms with Crippen LogP contribution in [0.15, 0.2) is 4.99 Å². The molecule has 0 radical (unpaired) electrons. The van der Waals surface area contributed by atoms with Gasteiger partial charge in [0.05, 0.1) is 18.1 Å². The van der Waals surface area contributed by atoms with Crippen LogP contribution in [-0.4, -0.2) is 92.0 Å². The standard InChI is InChI=1S/C18H34N4O2S2/c1-2-19-17(20-8-9-21-11-14-26(23,24)15-12-21)22-10-13-25-18(16-22)6-4-3-5-7-18/h2-16H2,1H3,(H,19,20). The number of guanidine groups is 1. The molecule has 150 valence electrons. The van der Waals surface area contributed by atoms with E-state index >= 15 is 0 Å². The van der Waals surface area contributed by atoms with Crippen LogP contribution in [0, 0.1) is 0 Å². The molecule has 0 aromatic rings. The molecule has 1 N–H and O–H groups in total. The minimum absolute atomic E-state index is 0.294. The summed E-state index contributed by atoms with van der Waals surface area (Å²) in [6.45, 7) is 8.08. The van der Waals surface area contributed by atoms with Crippen molar-refractivity contribution in [3.63, 3.8) is 0 Å². The smallest absolute Gasteiger partial charge is 0.194 e. The zero-order chi connectivity index (χ0) is 18.5. The summed E-state index contributed by atoms with van der Waals surface area (Å²) in [5.74, 6) is 2.82. The molecule has 0 bridgehead atoms. The molecule has 3 fully saturated rings. The lowest BCUT2D eigenvalue weighted by molar-refractivity contribution is 0.289. The number of aliphatic imine (C=N–C) groups is 1. The highest BCUT2D eigenvalue weighted by Crippen LogP contribution is 2.42. The van der Waals surface area contributed by atoms with Gasteiger partial charge in [-0.05, 0) is 19.8 Å². The van der Waals surface area contributed by atoms with Gasteiger partial charge in [-0.2, -0.15) is 11.8 Å². The Morgan fingerprint density at radius 1 is 1.15 bits per heavy atom. The summed E-state index contributed by atoms with van der Waals surface area (Å²) in [5.41, 5.74) is 0. The van der Waals surface area contributed by atoms with Gasteiger partial charge < -0.3 is 10.2 Å². The number of hydrogen-bond acceptors (Lipinski definition) is 5. The van der Waals surface area contributed by atoms with Gasteiger partial charge in [-0.25, -0.2) is 8.42 Å². The average molecular weight is 403 g/mol. The number of hydrogen-bond donors (Lipinski definition) is 1. The predicted octanol–water partition coefficient (Wildman–Crippen LogP) is 1.43. The molecule has 6 nitrogen and oxygen atoms in total. The van der Waals surface area contributed by atoms with Gasteiger partial charge in [0.2, 0.25) is 0 Å². The predicted molar refractivity (Wildman–Crippen MR) is 111 cm³/mol. The van der Waals surface area contributed by atoms with Crippen LogP contribution in [0.5, 0.6) is 0 Å². The highest BCUT2D eigenvalue weighted by Gasteiger charge is 2.38. The van der Waals surface area contributed by atoms with Crippen LogP contribution in [0.3, 0.4) is 0 Å². The van der Waals surface area contributed by atoms with E-state index in [1.165, 1.54) is 37.9 Å². The third-order valence-electron chi connectivity index (χ3n) is 5.76. The fourth-order valence-electron chi connectivity index (χ4n) is 4.22. The lowest BCUT2D eigenvalue weighted by Gasteiger charge is -2.45. The van der Waals surface area contributed by atoms with Gasteiger partial charge in [-0.15, -0.1) is 0 Å². The molecule has 0 amide bonds. The Morgan fingerprint density at radius 2 is 1.88 bits per heavy atom. The molecular weight excluding hydrogens is 368 g/mol. The Morgan fingerprint density at radius 3 is 2.58 bits per heavy atom. The number of nitrogens with zero attached hydrogens (tertiary/aromatic N) is 3. The lowest BCUT2D eigenvalue weighted by Crippen LogP contribution is -2.53. The van der Waals surface area contributed by atoms with Crippen LogP contribution in [0.2, 0.25) is 0 Å². The fraction of sp³-hybridized carbons (Fsp3) is 0.944. The molecule has 0 atom stereocenters. The molecule has 1 aliphatic carbocycles. The van der Waals surface area contributed by atoms with Crippen molar-refractivity contribution in [1.82, 2.24) is 15.1 Å². The summed E-state index contributed by atoms with van der Waals surface area (Å²) in [7, 11) is -2.80. The fourth-order valence-corrected chi connectivity index (χ4v) is 7.07. The van der Waals surface area contributed by atoms with Gasteiger partial charge in [-0.1, -0.05) is 19.3 Å². The van der Waals surface area contributed by atoms with Crippen LogP contribution < -0.4 is 5.32 Å². The van der Waals surface area contributed by atoms with Crippen molar-refractivity contribution < 1.29 is 8.42 Å². The van der Waals surface area contributed by atoms with Crippen molar-refractivity contribution in [2.24, 2.45) is 4.99 Å². The normalized spacial score (nSPS) is 26.8. The summed E-state index contributed by atoms with van der Waals surface area (Å²) in [6.07, 6.45) is 6.81. The van der Waals surface area contributed by atoms with Crippen LogP contribution in [0.25, 0.3) is 0 Å². The van der Waals surface area contributed by atoms with E-state index in [1.54, 1.807) is 0 Å². The maximum Gasteiger partial charge on any atom is 0.194 e. The highest BCUT2D eigenvalue weighted by atomic mass is 32.2. The molecule has 3 rings (SSSR count). The first kappa shape index (κ1) is 20.3. The van der Waals surface area contributed by atoms with Crippen LogP contribution in [-0.2, 0) is 9.84 Å². The van der Waals surface area contributed by atoms with Gasteiger partial charge in [0.15, 0.2) is 15.8 Å². The van der Waals surface area contributed by atoms with E-state index in [1.807, 2.05) is 0 Å². The summed E-state index contributed by atoms with van der Waals surface area (Å²) >= 11 is 2.18. The molecular formula is C18H34N4O2S2. The Bertz CT molecular complexity index is 568. The second-order valence-electron chi connectivity index (χ2n) is 7.74. The first-order valence-corrected chi connectivity index (χ1v) is 12.9. The van der Waals surface area contributed by atoms with Crippen molar-refractivity contribution in [3.05, 3.63) is 0 Å². The zero-order valence-electron chi connectivity index (χ0n) is 16.1. The van der Waals surface area contributed by atoms with Crippen LogP contribution in [0.4, 0.5) is 0 Å². The van der Waals surface area contributed by atoms with Gasteiger partial charge in [0, 0.05) is 49.8 Å². The van der Waals surface area contributed by atoms with Crippen LogP contribution >= 0.6 is 11.8 Å². The van der Waals surface area contributed by atoms with E-state index in [0.717, 1.165) is 38.7 Å². The van der Waals surface area contributed by atoms with Crippen molar-refractivity contribution in [2.45, 2.75) is 43.8 Å². The molecule has 1 spiro atoms. The minimum Gasteiger partial charge on any atom is -0.357 e. The molecule has 0 aromatic carbocycles. The Kier molecular flexibility index (Phi) is 7.13. The molecule has 1 saturated carbocycles. The number of nitrogens with one attached hydrogen (secondary N) is 1. The van der Waals surface area contributed by atoms with Crippen molar-refractivity contribution in [1.29, 1.82) is 0 Å². The number of sulfone groups is 1. The van der Waals surface area contributed by atoms with Crippen LogP contribution in [0.1, 0.15) is 39.0 Å². The third-order valence-corrected chi connectivity index (χ3v) is 8.91. The first-order chi connectivity index (χ1) is 12.5. The number of rotatable bonds is 4. The Labute approximate surface area is 163 Å². The van der Waals surface area contributed by atoms with E-state index in [9.17, 15) is 8.42 Å². The summed E-state index contributed by atoms with van der Waals surface area (Å²) in [6, 6.07) is 0. The molecule has 8 heteroatoms. The monoisotopic (exact) mass is 402 g/mol. The first-order valence-electron chi connectivity index (χ1n) is 10.1. The molecule has 2 saturated heterocycles. The van der Waals surface area contributed by atoms with Crippen molar-refractivity contribution in [2.75, 3.05) is 63.1 Å². The van der Waals surface area contributed by atoms with E-state index in [2.05, 4.69) is 33.8 Å². The molecule has 0 unspecified atom stereocenters. The largest absolute Gasteiger partial charge is 0.357 e. The highest BCUT2D eigenvalue weighted by molar-refractivity contribution is 8.00. The van der Waals surface area contributed by atoms with E-state index in [4.69, 9.17) is 4.99 Å². The summed E-state index contributed by atoms with van der Waals surface area (Å²) < 4.78 is 23.5. The third kappa shape index (κ3) is 5.52. The summed E-state index contributed by atoms with van der Waals surface area (Å²) in [5, 5.41) is 3.48. The van der Waals surface area contributed by atoms with E-state index in [0.29, 0.717) is 29.3 Å². The molecule has 3 aliphatic rings. The summed E-state index contributed by atoms with van der Waals surface area (Å²) in [4.78, 5) is 9.57. The van der Waals surface area contributed by atoms with Gasteiger partial charge in [0.1, 0.15) is 0 Å². The quantitative estimate of drug-likeness (QED) is 0.567.